The van der Waals surface area contributed by atoms with E-state index in [1.54, 1.807) is 19.2 Å². The van der Waals surface area contributed by atoms with Crippen LogP contribution in [-0.2, 0) is 9.59 Å². The summed E-state index contributed by atoms with van der Waals surface area (Å²) < 4.78 is 5.13. The number of nitrogens with zero attached hydrogens (tertiary/aromatic N) is 1. The van der Waals surface area contributed by atoms with Crippen LogP contribution in [0.15, 0.2) is 24.3 Å². The lowest BCUT2D eigenvalue weighted by atomic mass is 10.2. The molecule has 1 rings (SSSR count). The number of benzene rings is 1. The zero-order chi connectivity index (χ0) is 12.1. The summed E-state index contributed by atoms with van der Waals surface area (Å²) in [5, 5.41) is 0. The van der Waals surface area contributed by atoms with Crippen LogP contribution >= 0.6 is 0 Å². The molecular formula is C12H15NO3. The van der Waals surface area contributed by atoms with E-state index in [4.69, 9.17) is 4.74 Å². The van der Waals surface area contributed by atoms with Crippen LogP contribution in [0, 0.1) is 6.92 Å². The quantitative estimate of drug-likeness (QED) is 0.572. The second kappa shape index (κ2) is 5.30. The van der Waals surface area contributed by atoms with Gasteiger partial charge >= 0.3 is 5.97 Å². The first-order chi connectivity index (χ1) is 7.50. The Morgan fingerprint density at radius 1 is 1.31 bits per heavy atom. The molecule has 0 atom stereocenters. The van der Waals surface area contributed by atoms with Crippen molar-refractivity contribution in [2.75, 3.05) is 13.6 Å². The topological polar surface area (TPSA) is 46.6 Å². The zero-order valence-electron chi connectivity index (χ0n) is 9.69. The van der Waals surface area contributed by atoms with Crippen molar-refractivity contribution in [3.05, 3.63) is 29.8 Å². The van der Waals surface area contributed by atoms with E-state index in [1.165, 1.54) is 11.8 Å². The van der Waals surface area contributed by atoms with Crippen LogP contribution in [-0.4, -0.2) is 30.4 Å². The molecule has 1 amide bonds. The third-order valence-electron chi connectivity index (χ3n) is 2.22. The van der Waals surface area contributed by atoms with Gasteiger partial charge in [0.15, 0.2) is 0 Å². The highest BCUT2D eigenvalue weighted by Crippen LogP contribution is 2.16. The molecule has 0 aliphatic carbocycles. The minimum Gasteiger partial charge on any atom is -0.425 e. The second-order valence-electron chi connectivity index (χ2n) is 3.61. The van der Waals surface area contributed by atoms with E-state index in [1.807, 2.05) is 19.1 Å². The third kappa shape index (κ3) is 3.38. The first-order valence-corrected chi connectivity index (χ1v) is 4.98. The molecule has 86 valence electrons. The number of para-hydroxylation sites is 1. The van der Waals surface area contributed by atoms with E-state index >= 15 is 0 Å². The predicted octanol–water partition coefficient (Wildman–Crippen LogP) is 1.38. The van der Waals surface area contributed by atoms with Gasteiger partial charge in [0.25, 0.3) is 0 Å². The van der Waals surface area contributed by atoms with E-state index in [9.17, 15) is 9.59 Å². The van der Waals surface area contributed by atoms with Gasteiger partial charge in [-0.2, -0.15) is 0 Å². The van der Waals surface area contributed by atoms with Crippen LogP contribution in [0.3, 0.4) is 0 Å². The van der Waals surface area contributed by atoms with E-state index in [-0.39, 0.29) is 12.5 Å². The molecule has 0 radical (unpaired) electrons. The Balaban J connectivity index is 2.59. The summed E-state index contributed by atoms with van der Waals surface area (Å²) >= 11 is 0. The number of rotatable bonds is 3. The van der Waals surface area contributed by atoms with E-state index in [2.05, 4.69) is 0 Å². The van der Waals surface area contributed by atoms with E-state index < -0.39 is 5.97 Å². The molecule has 1 aromatic rings. The Morgan fingerprint density at radius 3 is 2.50 bits per heavy atom. The van der Waals surface area contributed by atoms with Gasteiger partial charge < -0.3 is 9.64 Å². The summed E-state index contributed by atoms with van der Waals surface area (Å²) in [5.74, 6) is -0.0711. The largest absolute Gasteiger partial charge is 0.425 e. The van der Waals surface area contributed by atoms with Gasteiger partial charge in [-0.25, -0.2) is 4.79 Å². The number of amides is 1. The molecule has 0 aromatic heterocycles. The van der Waals surface area contributed by atoms with Gasteiger partial charge in [0, 0.05) is 14.0 Å². The monoisotopic (exact) mass is 221 g/mol. The molecule has 0 bridgehead atoms. The summed E-state index contributed by atoms with van der Waals surface area (Å²) in [6, 6.07) is 7.25. The SMILES string of the molecule is CC(=O)N(C)CC(=O)Oc1ccccc1C. The number of ether oxygens (including phenoxy) is 1. The zero-order valence-corrected chi connectivity index (χ0v) is 9.69. The lowest BCUT2D eigenvalue weighted by Gasteiger charge is -2.14. The van der Waals surface area contributed by atoms with Gasteiger partial charge in [-0.15, -0.1) is 0 Å². The van der Waals surface area contributed by atoms with Crippen molar-refractivity contribution in [1.82, 2.24) is 4.90 Å². The third-order valence-corrected chi connectivity index (χ3v) is 2.22. The molecule has 0 spiro atoms. The maximum atomic E-state index is 11.5. The van der Waals surface area contributed by atoms with Crippen molar-refractivity contribution in [2.24, 2.45) is 0 Å². The van der Waals surface area contributed by atoms with Crippen LogP contribution in [0.4, 0.5) is 0 Å². The van der Waals surface area contributed by atoms with Crippen molar-refractivity contribution in [2.45, 2.75) is 13.8 Å². The highest BCUT2D eigenvalue weighted by Gasteiger charge is 2.11. The fourth-order valence-corrected chi connectivity index (χ4v) is 1.13. The number of hydrogen-bond donors (Lipinski definition) is 0. The molecule has 1 aromatic carbocycles. The Hall–Kier alpha value is -1.84. The molecule has 4 heteroatoms. The molecule has 0 aliphatic rings. The first-order valence-electron chi connectivity index (χ1n) is 4.98. The Kier molecular flexibility index (Phi) is 4.05. The molecule has 0 N–H and O–H groups in total. The molecule has 0 heterocycles. The van der Waals surface area contributed by atoms with Crippen LogP contribution < -0.4 is 4.74 Å². The molecule has 0 fully saturated rings. The van der Waals surface area contributed by atoms with Gasteiger partial charge in [-0.1, -0.05) is 18.2 Å². The number of esters is 1. The van der Waals surface area contributed by atoms with Crippen molar-refractivity contribution in [3.8, 4) is 5.75 Å². The fourth-order valence-electron chi connectivity index (χ4n) is 1.13. The van der Waals surface area contributed by atoms with Gasteiger partial charge in [-0.05, 0) is 18.6 Å². The van der Waals surface area contributed by atoms with Crippen LogP contribution in [0.2, 0.25) is 0 Å². The van der Waals surface area contributed by atoms with Crippen LogP contribution in [0.25, 0.3) is 0 Å². The Bertz CT molecular complexity index is 401. The second-order valence-corrected chi connectivity index (χ2v) is 3.61. The van der Waals surface area contributed by atoms with Crippen molar-refractivity contribution in [3.63, 3.8) is 0 Å². The number of carbonyl (C=O) groups is 2. The summed E-state index contributed by atoms with van der Waals surface area (Å²) in [5.41, 5.74) is 0.890. The van der Waals surface area contributed by atoms with Gasteiger partial charge in [0.1, 0.15) is 12.3 Å². The van der Waals surface area contributed by atoms with E-state index in [0.717, 1.165) is 5.56 Å². The molecule has 0 saturated heterocycles. The lowest BCUT2D eigenvalue weighted by Crippen LogP contribution is -2.32. The molecule has 0 unspecified atom stereocenters. The normalized spacial score (nSPS) is 9.69. The highest BCUT2D eigenvalue weighted by molar-refractivity contribution is 5.81. The van der Waals surface area contributed by atoms with Crippen molar-refractivity contribution < 1.29 is 14.3 Å². The Morgan fingerprint density at radius 2 is 1.94 bits per heavy atom. The van der Waals surface area contributed by atoms with Crippen molar-refractivity contribution >= 4 is 11.9 Å². The summed E-state index contributed by atoms with van der Waals surface area (Å²) in [6.45, 7) is 3.22. The Labute approximate surface area is 94.8 Å². The van der Waals surface area contributed by atoms with Gasteiger partial charge in [0.05, 0.1) is 0 Å². The van der Waals surface area contributed by atoms with E-state index in [0.29, 0.717) is 5.75 Å². The number of carbonyl (C=O) groups excluding carboxylic acids is 2. The summed E-state index contributed by atoms with van der Waals surface area (Å²) in [7, 11) is 1.56. The van der Waals surface area contributed by atoms with Crippen LogP contribution in [0.5, 0.6) is 5.75 Å². The molecular weight excluding hydrogens is 206 g/mol. The average molecular weight is 221 g/mol. The van der Waals surface area contributed by atoms with Crippen LogP contribution in [0.1, 0.15) is 12.5 Å². The standard InChI is InChI=1S/C12H15NO3/c1-9-6-4-5-7-11(9)16-12(15)8-13(3)10(2)14/h4-7H,8H2,1-3H3. The van der Waals surface area contributed by atoms with Gasteiger partial charge in [0.2, 0.25) is 5.91 Å². The fraction of sp³-hybridized carbons (Fsp3) is 0.333. The number of likely N-dealkylation sites (N-methyl/N-ethyl adjacent to an activating group) is 1. The van der Waals surface area contributed by atoms with Crippen molar-refractivity contribution in [1.29, 1.82) is 0 Å². The molecule has 4 nitrogen and oxygen atoms in total. The summed E-state index contributed by atoms with van der Waals surface area (Å²) in [4.78, 5) is 23.7. The minimum atomic E-state index is -0.438. The maximum Gasteiger partial charge on any atom is 0.331 e. The highest BCUT2D eigenvalue weighted by atomic mass is 16.5. The smallest absolute Gasteiger partial charge is 0.331 e. The minimum absolute atomic E-state index is 0.0380. The number of hydrogen-bond acceptors (Lipinski definition) is 3. The lowest BCUT2D eigenvalue weighted by molar-refractivity contribution is -0.140. The summed E-state index contributed by atoms with van der Waals surface area (Å²) in [6.07, 6.45) is 0. The number of aryl methyl sites for hydroxylation is 1. The molecule has 16 heavy (non-hydrogen) atoms. The first kappa shape index (κ1) is 12.2. The molecule has 0 aliphatic heterocycles. The van der Waals surface area contributed by atoms with Gasteiger partial charge in [-0.3, -0.25) is 4.79 Å². The maximum absolute atomic E-state index is 11.5. The average Bonchev–Trinajstić information content (AvgIpc) is 2.21. The molecule has 0 saturated carbocycles. The predicted molar refractivity (Wildman–Crippen MR) is 60.1 cm³/mol.